The van der Waals surface area contributed by atoms with E-state index >= 15 is 0 Å². The van der Waals surface area contributed by atoms with Crippen molar-refractivity contribution >= 4 is 43.6 Å². The molecule has 3 rings (SSSR count). The van der Waals surface area contributed by atoms with Crippen molar-refractivity contribution in [1.82, 2.24) is 0 Å². The van der Waals surface area contributed by atoms with Gasteiger partial charge < -0.3 is 8.86 Å². The number of nitrogens with zero attached hydrogens (tertiary/aromatic N) is 3. The minimum atomic E-state index is -6.72. The van der Waals surface area contributed by atoms with Gasteiger partial charge in [-0.1, -0.05) is 37.6 Å². The van der Waals surface area contributed by atoms with E-state index in [-0.39, 0.29) is 0 Å². The molecule has 0 saturated carbocycles. The zero-order valence-electron chi connectivity index (χ0n) is 23.7. The summed E-state index contributed by atoms with van der Waals surface area (Å²) in [4.78, 5) is 25.9. The number of aromatic nitrogens is 1. The molecule has 0 atom stereocenters. The van der Waals surface area contributed by atoms with Crippen molar-refractivity contribution in [3.63, 3.8) is 0 Å². The van der Waals surface area contributed by atoms with E-state index in [4.69, 9.17) is 4.74 Å². The summed E-state index contributed by atoms with van der Waals surface area (Å²) in [5.41, 5.74) is -7.65. The summed E-state index contributed by atoms with van der Waals surface area (Å²) in [6.07, 6.45) is 8.01. The zero-order chi connectivity index (χ0) is 34.6. The van der Waals surface area contributed by atoms with E-state index in [1.54, 1.807) is 12.1 Å². The van der Waals surface area contributed by atoms with Gasteiger partial charge in [-0.05, 0) is 54.3 Å². The molecule has 0 unspecified atom stereocenters. The Hall–Kier alpha value is -4.32. The van der Waals surface area contributed by atoms with Crippen LogP contribution in [0.2, 0.25) is 0 Å². The molecule has 0 fully saturated rings. The Morgan fingerprint density at radius 2 is 1.43 bits per heavy atom. The molecule has 0 bridgehead atoms. The molecule has 3 aromatic rings. The van der Waals surface area contributed by atoms with Crippen molar-refractivity contribution in [1.29, 1.82) is 0 Å². The number of alkyl halides is 6. The molecule has 19 heteroatoms. The molecule has 1 heterocycles. The van der Waals surface area contributed by atoms with Gasteiger partial charge in [0.05, 0.1) is 5.69 Å². The first-order chi connectivity index (χ1) is 21.4. The summed E-state index contributed by atoms with van der Waals surface area (Å²) in [6, 6.07) is 19.2. The minimum Gasteiger partial charge on any atom is -0.443 e. The highest BCUT2D eigenvalue weighted by molar-refractivity contribution is 8.13. The molecule has 0 saturated heterocycles. The van der Waals surface area contributed by atoms with Gasteiger partial charge in [-0.3, -0.25) is 5.32 Å². The van der Waals surface area contributed by atoms with Gasteiger partial charge in [0.25, 0.3) is 0 Å². The third-order valence-electron chi connectivity index (χ3n) is 5.54. The second kappa shape index (κ2) is 16.3. The Kier molecular flexibility index (Phi) is 13.4. The maximum Gasteiger partial charge on any atom is 0.480 e. The third kappa shape index (κ3) is 12.2. The SMILES string of the molecule is CCCc1ccc[n+](CCOC(=O)Nc2ccc(Cc3ccc(N=C=O)cc3)cc2)c1.O=S(=O)([N-]S(=O)(=O)C(F)(F)F)C(F)(F)F. The van der Waals surface area contributed by atoms with Gasteiger partial charge in [-0.25, -0.2) is 31.0 Å². The number of pyridine rings is 1. The lowest BCUT2D eigenvalue weighted by Gasteiger charge is -2.22. The number of isocyanates is 1. The molecule has 0 aliphatic carbocycles. The van der Waals surface area contributed by atoms with Gasteiger partial charge in [0.1, 0.15) is 0 Å². The van der Waals surface area contributed by atoms with Crippen LogP contribution in [0.15, 0.2) is 78.0 Å². The Morgan fingerprint density at radius 3 is 1.93 bits per heavy atom. The van der Waals surface area contributed by atoms with Crippen molar-refractivity contribution in [3.8, 4) is 0 Å². The molecule has 0 radical (unpaired) electrons. The molecule has 0 spiro atoms. The highest BCUT2D eigenvalue weighted by atomic mass is 32.3. The maximum atomic E-state index is 12.1. The number of sulfonamides is 2. The molecule has 46 heavy (non-hydrogen) atoms. The molecule has 250 valence electrons. The molecular weight excluding hydrogens is 670 g/mol. The Morgan fingerprint density at radius 1 is 0.891 bits per heavy atom. The van der Waals surface area contributed by atoms with Gasteiger partial charge in [0.2, 0.25) is 6.08 Å². The number of ether oxygens (including phenoxy) is 1. The minimum absolute atomic E-state index is 0.300. The lowest BCUT2D eigenvalue weighted by atomic mass is 10.0. The smallest absolute Gasteiger partial charge is 0.443 e. The predicted molar refractivity (Wildman–Crippen MR) is 152 cm³/mol. The lowest BCUT2D eigenvalue weighted by Crippen LogP contribution is -2.36. The second-order valence-electron chi connectivity index (χ2n) is 9.12. The number of benzene rings is 2. The van der Waals surface area contributed by atoms with E-state index in [9.17, 15) is 52.8 Å². The summed E-state index contributed by atoms with van der Waals surface area (Å²) in [6.45, 7) is 3.07. The van der Waals surface area contributed by atoms with E-state index in [2.05, 4.69) is 29.5 Å². The highest BCUT2D eigenvalue weighted by Crippen LogP contribution is 2.36. The normalized spacial score (nSPS) is 11.9. The third-order valence-corrected chi connectivity index (χ3v) is 8.28. The molecule has 1 amide bonds. The van der Waals surface area contributed by atoms with Gasteiger partial charge >= 0.3 is 17.1 Å². The van der Waals surface area contributed by atoms with Crippen molar-refractivity contribution in [3.05, 3.63) is 93.9 Å². The van der Waals surface area contributed by atoms with Crippen LogP contribution < -0.4 is 9.88 Å². The number of anilines is 1. The second-order valence-corrected chi connectivity index (χ2v) is 12.5. The summed E-state index contributed by atoms with van der Waals surface area (Å²) < 4.78 is 117. The lowest BCUT2D eigenvalue weighted by molar-refractivity contribution is -0.698. The number of aliphatic imine (C=N–C) groups is 1. The van der Waals surface area contributed by atoms with Gasteiger partial charge in [0, 0.05) is 17.3 Å². The average Bonchev–Trinajstić information content (AvgIpc) is 2.94. The number of carbonyl (C=O) groups is 1. The van der Waals surface area contributed by atoms with E-state index in [0.29, 0.717) is 24.5 Å². The Labute approximate surface area is 260 Å². The van der Waals surface area contributed by atoms with Crippen molar-refractivity contribution in [2.75, 3.05) is 11.9 Å². The summed E-state index contributed by atoms with van der Waals surface area (Å²) in [5, 5.41) is 2.75. The molecule has 2 aromatic carbocycles. The average molecular weight is 697 g/mol. The summed E-state index contributed by atoms with van der Waals surface area (Å²) in [5.74, 6) is 0. The number of amides is 1. The van der Waals surface area contributed by atoms with Crippen molar-refractivity contribution in [2.24, 2.45) is 4.99 Å². The van der Waals surface area contributed by atoms with Crippen molar-refractivity contribution < 1.29 is 62.1 Å². The molecule has 1 N–H and O–H groups in total. The number of rotatable bonds is 11. The number of nitrogens with one attached hydrogen (secondary N) is 1. The van der Waals surface area contributed by atoms with Crippen LogP contribution in [0.5, 0.6) is 0 Å². The van der Waals surface area contributed by atoms with E-state index in [1.807, 2.05) is 53.2 Å². The van der Waals surface area contributed by atoms with E-state index in [1.165, 1.54) is 11.6 Å². The van der Waals surface area contributed by atoms with Crippen LogP contribution in [-0.4, -0.2) is 46.6 Å². The summed E-state index contributed by atoms with van der Waals surface area (Å²) >= 11 is 0. The first kappa shape index (κ1) is 37.9. The zero-order valence-corrected chi connectivity index (χ0v) is 25.4. The van der Waals surface area contributed by atoms with Crippen LogP contribution in [0, 0.1) is 0 Å². The van der Waals surface area contributed by atoms with Crippen LogP contribution in [0.25, 0.3) is 4.13 Å². The number of hydrogen-bond donors (Lipinski definition) is 1. The number of carbonyl (C=O) groups excluding carboxylic acids is 2. The quantitative estimate of drug-likeness (QED) is 0.115. The number of halogens is 6. The fraction of sp³-hybridized carbons (Fsp3) is 0.296. The predicted octanol–water partition coefficient (Wildman–Crippen LogP) is 5.79. The maximum absolute atomic E-state index is 12.1. The number of hydrogen-bond acceptors (Lipinski definition) is 8. The van der Waals surface area contributed by atoms with Crippen LogP contribution in [0.3, 0.4) is 0 Å². The molecular formula is C27H26F6N4O7S2. The first-order valence-electron chi connectivity index (χ1n) is 12.9. The van der Waals surface area contributed by atoms with Crippen LogP contribution in [0.1, 0.15) is 30.0 Å². The standard InChI is InChI=1S/C25H25N3O3.C2F6NO4S2/c1-2-4-22-5-3-14-28(18-22)15-16-31-25(30)27-24-12-8-21(9-13-24)17-20-6-10-23(11-7-20)26-19-29;3-1(4,5)14(10,11)9-15(12,13)2(6,7)8/h3,5-14,18H,2,4,15-17H2,1H3;/q;-1/p+1. The molecule has 1 aromatic heterocycles. The highest BCUT2D eigenvalue weighted by Gasteiger charge is 2.46. The monoisotopic (exact) mass is 696 g/mol. The largest absolute Gasteiger partial charge is 0.480 e. The van der Waals surface area contributed by atoms with Gasteiger partial charge in [-0.2, -0.15) is 31.3 Å². The summed E-state index contributed by atoms with van der Waals surface area (Å²) in [7, 11) is -13.4. The van der Waals surface area contributed by atoms with E-state index in [0.717, 1.165) is 34.5 Å². The molecule has 0 aliphatic rings. The van der Waals surface area contributed by atoms with Gasteiger partial charge in [-0.15, -0.1) is 0 Å². The fourth-order valence-electron chi connectivity index (χ4n) is 3.45. The fourth-order valence-corrected chi connectivity index (χ4v) is 5.16. The molecule has 0 aliphatic heterocycles. The van der Waals surface area contributed by atoms with Crippen molar-refractivity contribution in [2.45, 2.75) is 43.7 Å². The van der Waals surface area contributed by atoms with Crippen LogP contribution in [-0.2, 0) is 49.0 Å². The molecule has 11 nitrogen and oxygen atoms in total. The van der Waals surface area contributed by atoms with Gasteiger partial charge in [0.15, 0.2) is 45.6 Å². The number of aryl methyl sites for hydroxylation is 1. The Bertz CT molecular complexity index is 1680. The van der Waals surface area contributed by atoms with E-state index < -0.39 is 37.2 Å². The first-order valence-corrected chi connectivity index (χ1v) is 15.8. The van der Waals surface area contributed by atoms with Crippen LogP contribution >= 0.6 is 0 Å². The Balaban J connectivity index is 0.000000415. The van der Waals surface area contributed by atoms with Crippen LogP contribution in [0.4, 0.5) is 42.5 Å². The topological polar surface area (TPSA) is 154 Å².